The molecule has 1 aliphatic heterocycles. The van der Waals surface area contributed by atoms with Crippen LogP contribution in [0.4, 0.5) is 0 Å². The average Bonchev–Trinajstić information content (AvgIpc) is 2.25. The van der Waals surface area contributed by atoms with Crippen molar-refractivity contribution in [2.45, 2.75) is 44.4 Å². The van der Waals surface area contributed by atoms with Gasteiger partial charge >= 0.3 is 0 Å². The van der Waals surface area contributed by atoms with E-state index in [0.717, 1.165) is 13.0 Å². The second-order valence-corrected chi connectivity index (χ2v) is 5.54. The Morgan fingerprint density at radius 3 is 3.00 bits per heavy atom. The summed E-state index contributed by atoms with van der Waals surface area (Å²) in [6, 6.07) is 0.510. The Morgan fingerprint density at radius 1 is 1.53 bits per heavy atom. The zero-order valence-electron chi connectivity index (χ0n) is 9.71. The van der Waals surface area contributed by atoms with Gasteiger partial charge in [0.05, 0.1) is 6.54 Å². The zero-order chi connectivity index (χ0) is 11.1. The third kappa shape index (κ3) is 4.89. The monoisotopic (exact) mass is 230 g/mol. The van der Waals surface area contributed by atoms with E-state index in [4.69, 9.17) is 0 Å². The maximum atomic E-state index is 11.4. The number of amides is 1. The average molecular weight is 230 g/mol. The first-order valence-corrected chi connectivity index (χ1v) is 6.90. The summed E-state index contributed by atoms with van der Waals surface area (Å²) in [5.74, 6) is 1.39. The molecule has 3 nitrogen and oxygen atoms in total. The van der Waals surface area contributed by atoms with E-state index in [-0.39, 0.29) is 5.91 Å². The second kappa shape index (κ2) is 7.12. The molecule has 0 radical (unpaired) electrons. The van der Waals surface area contributed by atoms with Gasteiger partial charge in [0, 0.05) is 17.8 Å². The number of nitrogens with one attached hydrogen (secondary N) is 2. The van der Waals surface area contributed by atoms with E-state index in [1.807, 2.05) is 11.8 Å². The van der Waals surface area contributed by atoms with Crippen LogP contribution in [0.25, 0.3) is 0 Å². The molecule has 0 aliphatic carbocycles. The lowest BCUT2D eigenvalue weighted by Crippen LogP contribution is -2.44. The van der Waals surface area contributed by atoms with Crippen molar-refractivity contribution >= 4 is 17.7 Å². The van der Waals surface area contributed by atoms with Crippen molar-refractivity contribution in [1.82, 2.24) is 10.6 Å². The van der Waals surface area contributed by atoms with Crippen LogP contribution in [0.3, 0.4) is 0 Å². The Hall–Kier alpha value is -0.220. The molecule has 0 bridgehead atoms. The Kier molecular flexibility index (Phi) is 6.10. The molecular formula is C11H22N2OS. The van der Waals surface area contributed by atoms with Crippen LogP contribution in [0.1, 0.15) is 33.1 Å². The second-order valence-electron chi connectivity index (χ2n) is 4.06. The molecule has 2 unspecified atom stereocenters. The van der Waals surface area contributed by atoms with Crippen molar-refractivity contribution in [1.29, 1.82) is 0 Å². The number of hydrogen-bond donors (Lipinski definition) is 2. The van der Waals surface area contributed by atoms with E-state index < -0.39 is 0 Å². The van der Waals surface area contributed by atoms with Gasteiger partial charge in [-0.15, -0.1) is 0 Å². The lowest BCUT2D eigenvalue weighted by molar-refractivity contribution is -0.120. The molecule has 0 aromatic rings. The number of hydrogen-bond acceptors (Lipinski definition) is 3. The SMILES string of the molecule is CCCNC(=O)CNC1CCCSC1C. The minimum atomic E-state index is 0.125. The van der Waals surface area contributed by atoms with Crippen LogP contribution in [0.2, 0.25) is 0 Å². The van der Waals surface area contributed by atoms with Crippen molar-refractivity contribution in [2.24, 2.45) is 0 Å². The fraction of sp³-hybridized carbons (Fsp3) is 0.909. The van der Waals surface area contributed by atoms with Crippen molar-refractivity contribution in [3.63, 3.8) is 0 Å². The molecule has 1 amide bonds. The van der Waals surface area contributed by atoms with E-state index in [0.29, 0.717) is 17.8 Å². The largest absolute Gasteiger partial charge is 0.355 e. The van der Waals surface area contributed by atoms with Crippen molar-refractivity contribution in [2.75, 3.05) is 18.8 Å². The van der Waals surface area contributed by atoms with Crippen LogP contribution in [-0.2, 0) is 4.79 Å². The van der Waals surface area contributed by atoms with Gasteiger partial charge in [-0.1, -0.05) is 13.8 Å². The molecule has 88 valence electrons. The molecule has 1 saturated heterocycles. The van der Waals surface area contributed by atoms with Crippen LogP contribution in [0.15, 0.2) is 0 Å². The smallest absolute Gasteiger partial charge is 0.233 e. The number of carbonyl (C=O) groups excluding carboxylic acids is 1. The molecule has 2 atom stereocenters. The van der Waals surface area contributed by atoms with Crippen LogP contribution < -0.4 is 10.6 Å². The van der Waals surface area contributed by atoms with Crippen LogP contribution in [-0.4, -0.2) is 36.0 Å². The van der Waals surface area contributed by atoms with Gasteiger partial charge in [-0.05, 0) is 25.0 Å². The number of rotatable bonds is 5. The summed E-state index contributed by atoms with van der Waals surface area (Å²) in [4.78, 5) is 11.4. The normalized spacial score (nSPS) is 26.3. The van der Waals surface area contributed by atoms with Crippen LogP contribution in [0.5, 0.6) is 0 Å². The molecule has 0 saturated carbocycles. The summed E-state index contributed by atoms with van der Waals surface area (Å²) < 4.78 is 0. The molecule has 0 spiro atoms. The molecule has 1 fully saturated rings. The van der Waals surface area contributed by atoms with E-state index in [2.05, 4.69) is 24.5 Å². The highest BCUT2D eigenvalue weighted by atomic mass is 32.2. The lowest BCUT2D eigenvalue weighted by Gasteiger charge is -2.28. The fourth-order valence-electron chi connectivity index (χ4n) is 1.74. The Labute approximate surface area is 96.8 Å². The van der Waals surface area contributed by atoms with Crippen molar-refractivity contribution < 1.29 is 4.79 Å². The highest BCUT2D eigenvalue weighted by Gasteiger charge is 2.21. The molecule has 1 rings (SSSR count). The predicted octanol–water partition coefficient (Wildman–Crippen LogP) is 1.39. The van der Waals surface area contributed by atoms with Crippen LogP contribution >= 0.6 is 11.8 Å². The van der Waals surface area contributed by atoms with E-state index in [1.54, 1.807) is 0 Å². The van der Waals surface area contributed by atoms with Crippen molar-refractivity contribution in [3.8, 4) is 0 Å². The third-order valence-corrected chi connectivity index (χ3v) is 4.08. The van der Waals surface area contributed by atoms with Crippen LogP contribution in [0, 0.1) is 0 Å². The standard InChI is InChI=1S/C11H22N2OS/c1-3-6-12-11(14)8-13-10-5-4-7-15-9(10)2/h9-10,13H,3-8H2,1-2H3,(H,12,14). The summed E-state index contributed by atoms with van der Waals surface area (Å²) in [5, 5.41) is 6.86. The van der Waals surface area contributed by atoms with Gasteiger partial charge in [-0.3, -0.25) is 4.79 Å². The summed E-state index contributed by atoms with van der Waals surface area (Å²) in [7, 11) is 0. The minimum absolute atomic E-state index is 0.125. The topological polar surface area (TPSA) is 41.1 Å². The molecule has 2 N–H and O–H groups in total. The fourth-order valence-corrected chi connectivity index (χ4v) is 2.91. The zero-order valence-corrected chi connectivity index (χ0v) is 10.5. The summed E-state index contributed by atoms with van der Waals surface area (Å²) in [5.41, 5.74) is 0. The first-order chi connectivity index (χ1) is 7.24. The molecule has 1 aliphatic rings. The molecular weight excluding hydrogens is 208 g/mol. The predicted molar refractivity (Wildman–Crippen MR) is 66.2 cm³/mol. The van der Waals surface area contributed by atoms with E-state index >= 15 is 0 Å². The van der Waals surface area contributed by atoms with Gasteiger partial charge in [0.15, 0.2) is 0 Å². The molecule has 0 aromatic heterocycles. The molecule has 4 heteroatoms. The Bertz CT molecular complexity index is 199. The van der Waals surface area contributed by atoms with Gasteiger partial charge < -0.3 is 10.6 Å². The van der Waals surface area contributed by atoms with Gasteiger partial charge in [0.1, 0.15) is 0 Å². The summed E-state index contributed by atoms with van der Waals surface area (Å²) >= 11 is 2.00. The van der Waals surface area contributed by atoms with E-state index in [1.165, 1.54) is 18.6 Å². The van der Waals surface area contributed by atoms with Gasteiger partial charge in [0.25, 0.3) is 0 Å². The maximum Gasteiger partial charge on any atom is 0.233 e. The lowest BCUT2D eigenvalue weighted by atomic mass is 10.1. The first-order valence-electron chi connectivity index (χ1n) is 5.85. The maximum absolute atomic E-state index is 11.4. The number of carbonyl (C=O) groups is 1. The minimum Gasteiger partial charge on any atom is -0.355 e. The Morgan fingerprint density at radius 2 is 2.33 bits per heavy atom. The van der Waals surface area contributed by atoms with E-state index in [9.17, 15) is 4.79 Å². The van der Waals surface area contributed by atoms with Gasteiger partial charge in [0.2, 0.25) is 5.91 Å². The highest BCUT2D eigenvalue weighted by Crippen LogP contribution is 2.24. The van der Waals surface area contributed by atoms with Crippen molar-refractivity contribution in [3.05, 3.63) is 0 Å². The summed E-state index contributed by atoms with van der Waals surface area (Å²) in [6.07, 6.45) is 3.47. The molecule has 0 aromatic carbocycles. The highest BCUT2D eigenvalue weighted by molar-refractivity contribution is 7.99. The number of thioether (sulfide) groups is 1. The first kappa shape index (κ1) is 12.8. The summed E-state index contributed by atoms with van der Waals surface area (Å²) in [6.45, 7) is 5.56. The third-order valence-electron chi connectivity index (χ3n) is 2.70. The Balaban J connectivity index is 2.14. The quantitative estimate of drug-likeness (QED) is 0.750. The van der Waals surface area contributed by atoms with Gasteiger partial charge in [-0.25, -0.2) is 0 Å². The molecule has 1 heterocycles. The molecule has 15 heavy (non-hydrogen) atoms. The van der Waals surface area contributed by atoms with Gasteiger partial charge in [-0.2, -0.15) is 11.8 Å².